The number of amides is 1. The van der Waals surface area contributed by atoms with E-state index in [9.17, 15) is 4.79 Å². The number of nitrogens with one attached hydrogen (secondary N) is 2. The van der Waals surface area contributed by atoms with Crippen molar-refractivity contribution >= 4 is 22.6 Å². The van der Waals surface area contributed by atoms with Crippen molar-refractivity contribution in [1.29, 1.82) is 0 Å². The van der Waals surface area contributed by atoms with E-state index >= 15 is 0 Å². The number of hydrogen-bond donors (Lipinski definition) is 2. The van der Waals surface area contributed by atoms with Gasteiger partial charge in [0.15, 0.2) is 5.82 Å². The fraction of sp³-hybridized carbons (Fsp3) is 0.111. The van der Waals surface area contributed by atoms with Crippen LogP contribution in [0.3, 0.4) is 0 Å². The highest BCUT2D eigenvalue weighted by molar-refractivity contribution is 5.98. The number of nitrogens with zero attached hydrogens (tertiary/aromatic N) is 1. The van der Waals surface area contributed by atoms with Crippen LogP contribution >= 0.6 is 0 Å². The van der Waals surface area contributed by atoms with E-state index in [0.29, 0.717) is 5.82 Å². The summed E-state index contributed by atoms with van der Waals surface area (Å²) in [5.41, 5.74) is 0.922. The quantitative estimate of drug-likeness (QED) is 0.690. The Bertz CT molecular complexity index is 447. The van der Waals surface area contributed by atoms with Crippen LogP contribution in [0, 0.1) is 0 Å². The van der Waals surface area contributed by atoms with Crippen LogP contribution in [0.4, 0.5) is 5.82 Å². The second-order valence-electron chi connectivity index (χ2n) is 2.80. The number of carbonyl (C=O) groups excluding carboxylic acids is 1. The molecule has 1 aromatic heterocycles. The van der Waals surface area contributed by atoms with Gasteiger partial charge in [-0.3, -0.25) is 9.89 Å². The van der Waals surface area contributed by atoms with Gasteiger partial charge in [0, 0.05) is 12.3 Å². The number of aromatic nitrogens is 2. The summed E-state index contributed by atoms with van der Waals surface area (Å²) < 4.78 is 0. The van der Waals surface area contributed by atoms with Gasteiger partial charge in [-0.25, -0.2) is 0 Å². The van der Waals surface area contributed by atoms with Gasteiger partial charge in [-0.05, 0) is 12.1 Å². The maximum absolute atomic E-state index is 10.8. The molecular weight excluding hydrogens is 166 g/mol. The topological polar surface area (TPSA) is 57.8 Å². The van der Waals surface area contributed by atoms with Crippen molar-refractivity contribution in [3.05, 3.63) is 24.3 Å². The number of benzene rings is 1. The Labute approximate surface area is 75.0 Å². The number of carbonyl (C=O) groups is 1. The minimum absolute atomic E-state index is 0.114. The molecular formula is C9H9N3O. The fourth-order valence-corrected chi connectivity index (χ4v) is 1.23. The molecule has 1 heterocycles. The molecule has 0 aliphatic carbocycles. The third-order valence-electron chi connectivity index (χ3n) is 1.76. The van der Waals surface area contributed by atoms with Crippen LogP contribution in [0.5, 0.6) is 0 Å². The second-order valence-corrected chi connectivity index (χ2v) is 2.80. The van der Waals surface area contributed by atoms with Crippen LogP contribution in [0.2, 0.25) is 0 Å². The highest BCUT2D eigenvalue weighted by Crippen LogP contribution is 2.18. The first-order chi connectivity index (χ1) is 6.27. The Morgan fingerprint density at radius 3 is 3.00 bits per heavy atom. The molecule has 0 aliphatic rings. The Morgan fingerprint density at radius 1 is 1.46 bits per heavy atom. The molecule has 0 spiro atoms. The zero-order chi connectivity index (χ0) is 9.26. The maximum atomic E-state index is 10.8. The molecule has 4 heteroatoms. The number of rotatable bonds is 1. The summed E-state index contributed by atoms with van der Waals surface area (Å²) in [4.78, 5) is 10.8. The minimum atomic E-state index is -0.114. The van der Waals surface area contributed by atoms with E-state index in [1.165, 1.54) is 6.92 Å². The molecule has 2 rings (SSSR count). The molecule has 1 amide bonds. The summed E-state index contributed by atoms with van der Waals surface area (Å²) in [6, 6.07) is 7.64. The zero-order valence-corrected chi connectivity index (χ0v) is 7.16. The number of fused-ring (bicyclic) bond motifs is 1. The van der Waals surface area contributed by atoms with Gasteiger partial charge in [0.05, 0.1) is 5.52 Å². The summed E-state index contributed by atoms with van der Waals surface area (Å²) in [6.45, 7) is 1.46. The lowest BCUT2D eigenvalue weighted by Gasteiger charge is -1.95. The monoisotopic (exact) mass is 175 g/mol. The lowest BCUT2D eigenvalue weighted by Crippen LogP contribution is -2.06. The average molecular weight is 175 g/mol. The first-order valence-corrected chi connectivity index (χ1v) is 3.98. The molecule has 66 valence electrons. The normalized spacial score (nSPS) is 10.2. The van der Waals surface area contributed by atoms with Gasteiger partial charge in [0.1, 0.15) is 0 Å². The second kappa shape index (κ2) is 2.90. The lowest BCUT2D eigenvalue weighted by molar-refractivity contribution is -0.114. The van der Waals surface area contributed by atoms with Crippen molar-refractivity contribution in [1.82, 2.24) is 10.2 Å². The number of H-pyrrole nitrogens is 1. The number of hydrogen-bond acceptors (Lipinski definition) is 2. The summed E-state index contributed by atoms with van der Waals surface area (Å²) in [5, 5.41) is 10.4. The lowest BCUT2D eigenvalue weighted by atomic mass is 10.2. The number of anilines is 1. The summed E-state index contributed by atoms with van der Waals surface area (Å²) in [7, 11) is 0. The molecule has 0 atom stereocenters. The molecule has 0 bridgehead atoms. The highest BCUT2D eigenvalue weighted by atomic mass is 16.1. The van der Waals surface area contributed by atoms with E-state index in [1.54, 1.807) is 0 Å². The van der Waals surface area contributed by atoms with Gasteiger partial charge in [0.25, 0.3) is 0 Å². The van der Waals surface area contributed by atoms with Crippen molar-refractivity contribution in [2.75, 3.05) is 5.32 Å². The molecule has 2 aromatic rings. The van der Waals surface area contributed by atoms with Crippen molar-refractivity contribution in [2.45, 2.75) is 6.92 Å². The van der Waals surface area contributed by atoms with Gasteiger partial charge < -0.3 is 5.32 Å². The van der Waals surface area contributed by atoms with E-state index in [-0.39, 0.29) is 5.91 Å². The minimum Gasteiger partial charge on any atom is -0.309 e. The Balaban J connectivity index is 2.51. The van der Waals surface area contributed by atoms with Crippen molar-refractivity contribution < 1.29 is 4.79 Å². The van der Waals surface area contributed by atoms with Gasteiger partial charge in [-0.2, -0.15) is 5.10 Å². The van der Waals surface area contributed by atoms with Crippen molar-refractivity contribution in [3.63, 3.8) is 0 Å². The fourth-order valence-electron chi connectivity index (χ4n) is 1.23. The summed E-state index contributed by atoms with van der Waals surface area (Å²) >= 11 is 0. The van der Waals surface area contributed by atoms with E-state index in [1.807, 2.05) is 24.3 Å². The summed E-state index contributed by atoms with van der Waals surface area (Å²) in [5.74, 6) is 0.473. The zero-order valence-electron chi connectivity index (χ0n) is 7.16. The van der Waals surface area contributed by atoms with Crippen molar-refractivity contribution in [3.8, 4) is 0 Å². The van der Waals surface area contributed by atoms with Crippen LogP contribution < -0.4 is 5.32 Å². The molecule has 13 heavy (non-hydrogen) atoms. The third-order valence-corrected chi connectivity index (χ3v) is 1.76. The highest BCUT2D eigenvalue weighted by Gasteiger charge is 2.04. The smallest absolute Gasteiger partial charge is 0.222 e. The van der Waals surface area contributed by atoms with E-state index < -0.39 is 0 Å². The van der Waals surface area contributed by atoms with Crippen LogP contribution in [0.15, 0.2) is 24.3 Å². The predicted molar refractivity (Wildman–Crippen MR) is 50.4 cm³/mol. The predicted octanol–water partition coefficient (Wildman–Crippen LogP) is 1.52. The largest absolute Gasteiger partial charge is 0.309 e. The Hall–Kier alpha value is -1.84. The molecule has 0 radical (unpaired) electrons. The van der Waals surface area contributed by atoms with E-state index in [0.717, 1.165) is 10.9 Å². The van der Waals surface area contributed by atoms with Crippen LogP contribution in [0.25, 0.3) is 10.9 Å². The van der Waals surface area contributed by atoms with E-state index in [4.69, 9.17) is 0 Å². The van der Waals surface area contributed by atoms with Gasteiger partial charge in [-0.1, -0.05) is 12.1 Å². The maximum Gasteiger partial charge on any atom is 0.222 e. The average Bonchev–Trinajstić information content (AvgIpc) is 2.48. The molecule has 0 aliphatic heterocycles. The molecule has 0 saturated heterocycles. The first kappa shape index (κ1) is 7.79. The molecule has 0 unspecified atom stereocenters. The third kappa shape index (κ3) is 1.38. The molecule has 0 saturated carbocycles. The Kier molecular flexibility index (Phi) is 1.73. The number of aromatic amines is 1. The molecule has 1 aromatic carbocycles. The van der Waals surface area contributed by atoms with Gasteiger partial charge in [0.2, 0.25) is 5.91 Å². The molecule has 2 N–H and O–H groups in total. The first-order valence-electron chi connectivity index (χ1n) is 3.98. The van der Waals surface area contributed by atoms with E-state index in [2.05, 4.69) is 15.5 Å². The molecule has 4 nitrogen and oxygen atoms in total. The van der Waals surface area contributed by atoms with Crippen LogP contribution in [-0.4, -0.2) is 16.1 Å². The van der Waals surface area contributed by atoms with Crippen molar-refractivity contribution in [2.24, 2.45) is 0 Å². The SMILES string of the molecule is CC(=O)Nc1n[nH]c2ccccc12. The Morgan fingerprint density at radius 2 is 2.23 bits per heavy atom. The standard InChI is InChI=1S/C9H9N3O/c1-6(13)10-9-7-4-2-3-5-8(7)11-12-9/h2-5H,1H3,(H2,10,11,12,13). The van der Waals surface area contributed by atoms with Gasteiger partial charge in [-0.15, -0.1) is 0 Å². The summed E-state index contributed by atoms with van der Waals surface area (Å²) in [6.07, 6.45) is 0. The number of para-hydroxylation sites is 1. The molecule has 0 fully saturated rings. The van der Waals surface area contributed by atoms with Gasteiger partial charge >= 0.3 is 0 Å². The van der Waals surface area contributed by atoms with Crippen LogP contribution in [0.1, 0.15) is 6.92 Å². The van der Waals surface area contributed by atoms with Crippen LogP contribution in [-0.2, 0) is 4.79 Å².